The number of ether oxygens (including phenoxy) is 2. The van der Waals surface area contributed by atoms with Crippen molar-refractivity contribution >= 4 is 0 Å². The van der Waals surface area contributed by atoms with E-state index in [4.69, 9.17) is 9.47 Å². The summed E-state index contributed by atoms with van der Waals surface area (Å²) in [5.41, 5.74) is 0. The van der Waals surface area contributed by atoms with E-state index in [-0.39, 0.29) is 318 Å². The first kappa shape index (κ1) is 78.3. The maximum atomic E-state index is 5.24. The number of rotatable bonds is 0. The first-order valence-electron chi connectivity index (χ1n) is 16.2. The van der Waals surface area contributed by atoms with Gasteiger partial charge in [0.25, 0.3) is 0 Å². The van der Waals surface area contributed by atoms with E-state index in [0.717, 1.165) is 25.0 Å². The van der Waals surface area contributed by atoms with E-state index in [1.807, 2.05) is 0 Å². The maximum absolute atomic E-state index is 5.24. The fourth-order valence-electron chi connectivity index (χ4n) is 10.2. The molecule has 0 N–H and O–H groups in total. The summed E-state index contributed by atoms with van der Waals surface area (Å²) in [6.45, 7) is 1.51. The van der Waals surface area contributed by atoms with Gasteiger partial charge in [0.15, 0.2) is 0 Å². The molecule has 0 aromatic heterocycles. The Morgan fingerprint density at radius 2 is 0.653 bits per heavy atom. The van der Waals surface area contributed by atoms with Crippen molar-refractivity contribution < 1.29 is 271 Å². The topological polar surface area (TPSA) is 18.5 Å². The van der Waals surface area contributed by atoms with Gasteiger partial charge in [-0.15, -0.1) is 0 Å². The molecule has 2 heterocycles. The molecule has 0 aromatic rings. The van der Waals surface area contributed by atoms with Crippen LogP contribution in [0.3, 0.4) is 0 Å². The molecule has 0 aromatic carbocycles. The van der Waals surface area contributed by atoms with Crippen molar-refractivity contribution in [1.82, 2.24) is 0 Å². The number of hydrogen-bond acceptors (Lipinski definition) is 2. The van der Waals surface area contributed by atoms with E-state index in [1.54, 1.807) is 96.3 Å². The first-order chi connectivity index (χ1) is 17.3. The third-order valence-electron chi connectivity index (χ3n) is 12.0. The molecule has 7 saturated carbocycles. The zero-order valence-electron chi connectivity index (χ0n) is 33.2. The standard InChI is InChI=1S/C10H16.C10H18.C7H12.C6H8O2.6CH3.8Y/c1-2-9-7-4-5-8(6-7)10(9)3-1;1-2-6-10-8-4-3-7-9(10)5-1;1-2-7-4-3-6(1)5-7;1-3-7-6-2-4-8-5(1)6;;;;;;;;;;;;;;/h7-10H,1-6H2;9-10H,1-8H2;6-7H,1-5H2;1-2,5-6H,3-4H2;6*1H3;;;;;;;;/q;;;-2;6*-1;;;;;;;;. The molecule has 9 aliphatic rings. The van der Waals surface area contributed by atoms with E-state index in [1.165, 1.54) is 61.2 Å². The Bertz CT molecular complexity index is 599. The van der Waals surface area contributed by atoms with Crippen LogP contribution in [0.25, 0.3) is 0 Å². The molecule has 10 heteroatoms. The normalized spacial score (nSPS) is 34.3. The van der Waals surface area contributed by atoms with Crippen molar-refractivity contribution in [3.63, 3.8) is 0 Å². The monoisotopic (exact) mass is 1280 g/mol. The molecule has 9 rings (SSSR count). The van der Waals surface area contributed by atoms with Gasteiger partial charge in [-0.1, -0.05) is 109 Å². The Labute approximate surface area is 512 Å². The Morgan fingerprint density at radius 3 is 0.939 bits per heavy atom. The Balaban J connectivity index is -0.0000000571. The predicted octanol–water partition coefficient (Wildman–Crippen LogP) is 11.3. The van der Waals surface area contributed by atoms with Gasteiger partial charge >= 0.3 is 0 Å². The molecule has 0 amide bonds. The Hall–Kier alpha value is 8.75. The van der Waals surface area contributed by atoms with E-state index >= 15 is 0 Å². The second kappa shape index (κ2) is 43.4. The second-order valence-corrected chi connectivity index (χ2v) is 13.9. The third-order valence-corrected chi connectivity index (χ3v) is 12.0. The van der Waals surface area contributed by atoms with Crippen LogP contribution in [0.5, 0.6) is 0 Å². The van der Waals surface area contributed by atoms with Crippen LogP contribution in [0, 0.1) is 105 Å². The quantitative estimate of drug-likeness (QED) is 0.225. The van der Waals surface area contributed by atoms with E-state index < -0.39 is 0 Å². The smallest absolute Gasteiger partial charge is 0 e. The van der Waals surface area contributed by atoms with Crippen LogP contribution in [0.1, 0.15) is 122 Å². The van der Waals surface area contributed by atoms with Gasteiger partial charge in [-0.2, -0.15) is 0 Å². The van der Waals surface area contributed by atoms with Gasteiger partial charge in [-0.05, 0) is 85.9 Å². The van der Waals surface area contributed by atoms with Crippen LogP contribution in [0.2, 0.25) is 0 Å². The molecule has 9 fully saturated rings. The summed E-state index contributed by atoms with van der Waals surface area (Å²) in [7, 11) is 0. The molecule has 7 aliphatic carbocycles. The van der Waals surface area contributed by atoms with E-state index in [9.17, 15) is 0 Å². The van der Waals surface area contributed by atoms with E-state index in [2.05, 4.69) is 12.8 Å². The van der Waals surface area contributed by atoms with Gasteiger partial charge in [0.2, 0.25) is 0 Å². The third kappa shape index (κ3) is 24.3. The van der Waals surface area contributed by atoms with Gasteiger partial charge in [0, 0.05) is 262 Å². The van der Waals surface area contributed by atoms with Crippen molar-refractivity contribution in [3.05, 3.63) is 57.4 Å². The summed E-state index contributed by atoms with van der Waals surface area (Å²) >= 11 is 0. The summed E-state index contributed by atoms with van der Waals surface area (Å²) in [6.07, 6.45) is 34.4. The molecule has 6 atom stereocenters. The van der Waals surface area contributed by atoms with Gasteiger partial charge in [0.05, 0.1) is 0 Å². The Morgan fingerprint density at radius 1 is 0.327 bits per heavy atom. The molecular formula is C39H72O2Y8-8. The molecule has 49 heavy (non-hydrogen) atoms. The fraction of sp³-hybridized carbons (Fsp3) is 0.795. The first-order valence-corrected chi connectivity index (χ1v) is 16.2. The van der Waals surface area contributed by atoms with Crippen LogP contribution in [-0.2, 0) is 271 Å². The van der Waals surface area contributed by atoms with Crippen LogP contribution in [0.15, 0.2) is 0 Å². The van der Waals surface area contributed by atoms with Gasteiger partial charge in [0.1, 0.15) is 0 Å². The SMILES string of the molecule is C1CC2C3CCC(C3)C2C1.C1CC2CCC1C2.C1CCC2CCCCC2C1.[CH-]1COC2[CH-]COC12.[CH3-].[CH3-].[CH3-].[CH3-].[CH3-].[CH3-].[Y].[Y].[Y].[Y].[Y].[Y].[Y].[Y]. The van der Waals surface area contributed by atoms with Gasteiger partial charge in [-0.25, -0.2) is 0 Å². The summed E-state index contributed by atoms with van der Waals surface area (Å²) in [4.78, 5) is 0. The minimum Gasteiger partial charge on any atom is -0.442 e. The molecule has 2 nitrogen and oxygen atoms in total. The molecule has 2 aliphatic heterocycles. The summed E-state index contributed by atoms with van der Waals surface area (Å²) in [5.74, 6) is 9.45. The molecule has 4 bridgehead atoms. The molecule has 8 radical (unpaired) electrons. The van der Waals surface area contributed by atoms with Crippen LogP contribution >= 0.6 is 0 Å². The molecular weight excluding hydrogens is 1210 g/mol. The zero-order valence-corrected chi connectivity index (χ0v) is 55.9. The van der Waals surface area contributed by atoms with E-state index in [0.29, 0.717) is 0 Å². The molecule has 272 valence electrons. The van der Waals surface area contributed by atoms with Crippen molar-refractivity contribution in [2.24, 2.45) is 47.3 Å². The molecule has 0 spiro atoms. The minimum absolute atomic E-state index is 0. The van der Waals surface area contributed by atoms with Crippen LogP contribution in [0.4, 0.5) is 0 Å². The fourth-order valence-corrected chi connectivity index (χ4v) is 10.2. The van der Waals surface area contributed by atoms with Crippen LogP contribution in [-0.4, -0.2) is 25.4 Å². The summed E-state index contributed by atoms with van der Waals surface area (Å²) < 4.78 is 10.5. The average molecular weight is 1280 g/mol. The predicted molar refractivity (Wildman–Crippen MR) is 182 cm³/mol. The van der Waals surface area contributed by atoms with Gasteiger partial charge < -0.3 is 54.0 Å². The van der Waals surface area contributed by atoms with Crippen molar-refractivity contribution in [1.29, 1.82) is 0 Å². The van der Waals surface area contributed by atoms with Crippen molar-refractivity contribution in [2.75, 3.05) is 13.2 Å². The minimum atomic E-state index is 0. The summed E-state index contributed by atoms with van der Waals surface area (Å²) in [5, 5.41) is 0. The van der Waals surface area contributed by atoms with Crippen LogP contribution < -0.4 is 0 Å². The second-order valence-electron chi connectivity index (χ2n) is 13.9. The van der Waals surface area contributed by atoms with Gasteiger partial charge in [-0.3, -0.25) is 12.8 Å². The van der Waals surface area contributed by atoms with Crippen molar-refractivity contribution in [3.8, 4) is 0 Å². The average Bonchev–Trinajstić information content (AvgIpc) is 3.73. The molecule has 6 unspecified atom stereocenters. The maximum Gasteiger partial charge on any atom is 0 e. The number of hydrogen-bond donors (Lipinski definition) is 0. The van der Waals surface area contributed by atoms with Crippen molar-refractivity contribution in [2.45, 2.75) is 134 Å². The molecule has 2 saturated heterocycles. The largest absolute Gasteiger partial charge is 0.442 e. The zero-order chi connectivity index (χ0) is 23.5. The number of fused-ring (bicyclic) bond motifs is 9. The Kier molecular flexibility index (Phi) is 69.3. The summed E-state index contributed by atoms with van der Waals surface area (Å²) in [6, 6.07) is 0.